The Morgan fingerprint density at radius 2 is 1.40 bits per heavy atom. The Bertz CT molecular complexity index is 1140. The summed E-state index contributed by atoms with van der Waals surface area (Å²) in [6.45, 7) is 6.13. The summed E-state index contributed by atoms with van der Waals surface area (Å²) < 4.78 is 26.2. The third kappa shape index (κ3) is 13.0. The third-order valence-electron chi connectivity index (χ3n) is 6.04. The summed E-state index contributed by atoms with van der Waals surface area (Å²) in [6, 6.07) is 11.8. The van der Waals surface area contributed by atoms with Crippen molar-refractivity contribution < 1.29 is 48.0 Å². The van der Waals surface area contributed by atoms with Crippen LogP contribution in [0.1, 0.15) is 75.2 Å². The van der Waals surface area contributed by atoms with E-state index in [4.69, 9.17) is 23.7 Å². The van der Waals surface area contributed by atoms with Gasteiger partial charge in [0.25, 0.3) is 0 Å². The highest BCUT2D eigenvalue weighted by Gasteiger charge is 2.22. The molecule has 2 rings (SSSR count). The van der Waals surface area contributed by atoms with Crippen LogP contribution in [-0.2, 0) is 25.4 Å². The van der Waals surface area contributed by atoms with Crippen LogP contribution in [-0.4, -0.2) is 61.3 Å². The van der Waals surface area contributed by atoms with Crippen molar-refractivity contribution in [1.82, 2.24) is 5.32 Å². The molecule has 0 radical (unpaired) electrons. The molecule has 0 aliphatic carbocycles. The molecular weight excluding hydrogens is 546 g/mol. The second-order valence-corrected chi connectivity index (χ2v) is 9.68. The molecule has 2 aromatic rings. The highest BCUT2D eigenvalue weighted by molar-refractivity contribution is 5.89. The summed E-state index contributed by atoms with van der Waals surface area (Å²) in [4.78, 5) is 48.8. The molecule has 2 atom stereocenters. The van der Waals surface area contributed by atoms with E-state index in [0.717, 1.165) is 25.7 Å². The quantitative estimate of drug-likeness (QED) is 0.0926. The molecule has 42 heavy (non-hydrogen) atoms. The Labute approximate surface area is 246 Å². The summed E-state index contributed by atoms with van der Waals surface area (Å²) in [5.74, 6) is -1.84. The van der Waals surface area contributed by atoms with Gasteiger partial charge in [0.15, 0.2) is 11.5 Å². The van der Waals surface area contributed by atoms with Crippen molar-refractivity contribution in [2.45, 2.75) is 77.9 Å². The molecule has 0 aromatic heterocycles. The highest BCUT2D eigenvalue weighted by Crippen LogP contribution is 2.30. The molecule has 0 fully saturated rings. The van der Waals surface area contributed by atoms with Gasteiger partial charge in [-0.15, -0.1) is 0 Å². The smallest absolute Gasteiger partial charge is 0.480 e. The molecule has 0 saturated heterocycles. The fourth-order valence-corrected chi connectivity index (χ4v) is 3.75. The normalized spacial score (nSPS) is 12.1. The molecule has 0 aliphatic rings. The van der Waals surface area contributed by atoms with Crippen molar-refractivity contribution in [3.05, 3.63) is 59.7 Å². The zero-order valence-corrected chi connectivity index (χ0v) is 24.5. The van der Waals surface area contributed by atoms with E-state index in [1.54, 1.807) is 43.3 Å². The number of rotatable bonds is 18. The van der Waals surface area contributed by atoms with Crippen LogP contribution >= 0.6 is 0 Å². The molecule has 0 heterocycles. The number of carboxylic acids is 1. The van der Waals surface area contributed by atoms with Crippen LogP contribution in [0.3, 0.4) is 0 Å². The minimum absolute atomic E-state index is 0.0155. The van der Waals surface area contributed by atoms with Crippen LogP contribution in [0.15, 0.2) is 48.5 Å². The SMILES string of the molecule is CCCCCOC(=O)Oc1ccc(C[C@H](NCC(C)OC(=O)c2ccccc2)C(=O)O)cc1OC(=O)OCCCCC. The van der Waals surface area contributed by atoms with E-state index in [1.165, 1.54) is 12.1 Å². The number of benzene rings is 2. The van der Waals surface area contributed by atoms with Crippen molar-refractivity contribution in [1.29, 1.82) is 0 Å². The lowest BCUT2D eigenvalue weighted by Gasteiger charge is -2.19. The summed E-state index contributed by atoms with van der Waals surface area (Å²) in [6.07, 6.45) is 2.49. The number of carbonyl (C=O) groups excluding carboxylic acids is 3. The first-order valence-corrected chi connectivity index (χ1v) is 14.3. The maximum absolute atomic E-state index is 12.3. The molecular formula is C31H41NO10. The predicted octanol–water partition coefficient (Wildman–Crippen LogP) is 5.93. The molecule has 11 heteroatoms. The van der Waals surface area contributed by atoms with Gasteiger partial charge in [-0.25, -0.2) is 14.4 Å². The van der Waals surface area contributed by atoms with Gasteiger partial charge in [0, 0.05) is 6.54 Å². The van der Waals surface area contributed by atoms with E-state index < -0.39 is 36.4 Å². The average molecular weight is 588 g/mol. The van der Waals surface area contributed by atoms with Gasteiger partial charge in [-0.05, 0) is 56.0 Å². The first-order chi connectivity index (χ1) is 20.2. The number of nitrogens with one attached hydrogen (secondary N) is 1. The monoisotopic (exact) mass is 587 g/mol. The number of unbranched alkanes of at least 4 members (excludes halogenated alkanes) is 4. The fraction of sp³-hybridized carbons (Fsp3) is 0.484. The lowest BCUT2D eigenvalue weighted by Crippen LogP contribution is -2.42. The van der Waals surface area contributed by atoms with Gasteiger partial charge in [0.1, 0.15) is 12.1 Å². The summed E-state index contributed by atoms with van der Waals surface area (Å²) >= 11 is 0. The number of carboxylic acid groups (broad SMARTS) is 1. The third-order valence-corrected chi connectivity index (χ3v) is 6.04. The highest BCUT2D eigenvalue weighted by atomic mass is 16.7. The van der Waals surface area contributed by atoms with Crippen LogP contribution in [0, 0.1) is 0 Å². The van der Waals surface area contributed by atoms with Crippen molar-refractivity contribution in [2.75, 3.05) is 19.8 Å². The second-order valence-electron chi connectivity index (χ2n) is 9.68. The van der Waals surface area contributed by atoms with Crippen LogP contribution < -0.4 is 14.8 Å². The van der Waals surface area contributed by atoms with Gasteiger partial charge in [-0.3, -0.25) is 4.79 Å². The van der Waals surface area contributed by atoms with Gasteiger partial charge in [-0.2, -0.15) is 0 Å². The Balaban J connectivity index is 2.07. The summed E-state index contributed by atoms with van der Waals surface area (Å²) in [5.41, 5.74) is 0.865. The lowest BCUT2D eigenvalue weighted by atomic mass is 10.0. The molecule has 0 amide bonds. The first kappa shape index (κ1) is 34.1. The van der Waals surface area contributed by atoms with E-state index in [1.807, 2.05) is 13.8 Å². The van der Waals surface area contributed by atoms with Crippen molar-refractivity contribution in [3.8, 4) is 11.5 Å². The second kappa shape index (κ2) is 19.1. The predicted molar refractivity (Wildman–Crippen MR) is 154 cm³/mol. The fourth-order valence-electron chi connectivity index (χ4n) is 3.75. The van der Waals surface area contributed by atoms with E-state index in [9.17, 15) is 24.3 Å². The van der Waals surface area contributed by atoms with Gasteiger partial charge >= 0.3 is 24.2 Å². The molecule has 0 spiro atoms. The first-order valence-electron chi connectivity index (χ1n) is 14.3. The summed E-state index contributed by atoms with van der Waals surface area (Å²) in [5, 5.41) is 12.7. The lowest BCUT2D eigenvalue weighted by molar-refractivity contribution is -0.139. The molecule has 2 N–H and O–H groups in total. The maximum Gasteiger partial charge on any atom is 0.513 e. The Morgan fingerprint density at radius 1 is 0.810 bits per heavy atom. The minimum atomic E-state index is -1.13. The molecule has 0 aliphatic heterocycles. The standard InChI is InChI=1S/C31H41NO10/c1-4-6-11-17-38-30(36)41-26-16-15-23(20-27(26)42-31(37)39-18-12-7-5-2)19-25(28(33)34)32-21-22(3)40-29(35)24-13-9-8-10-14-24/h8-10,13-16,20,22,25,32H,4-7,11-12,17-19,21H2,1-3H3,(H,33,34)/t22?,25-/m0/s1. The molecule has 230 valence electrons. The number of ether oxygens (including phenoxy) is 5. The molecule has 2 aromatic carbocycles. The number of carbonyl (C=O) groups is 4. The zero-order chi connectivity index (χ0) is 30.7. The van der Waals surface area contributed by atoms with E-state index >= 15 is 0 Å². The molecule has 11 nitrogen and oxygen atoms in total. The van der Waals surface area contributed by atoms with Crippen LogP contribution in [0.2, 0.25) is 0 Å². The Morgan fingerprint density at radius 3 is 1.98 bits per heavy atom. The molecule has 1 unspecified atom stereocenters. The zero-order valence-electron chi connectivity index (χ0n) is 24.5. The van der Waals surface area contributed by atoms with Crippen molar-refractivity contribution >= 4 is 24.2 Å². The van der Waals surface area contributed by atoms with Crippen LogP contribution in [0.5, 0.6) is 11.5 Å². The van der Waals surface area contributed by atoms with E-state index in [2.05, 4.69) is 5.32 Å². The van der Waals surface area contributed by atoms with Gasteiger partial charge in [0.2, 0.25) is 0 Å². The van der Waals surface area contributed by atoms with E-state index in [0.29, 0.717) is 24.0 Å². The number of aliphatic carboxylic acids is 1. The van der Waals surface area contributed by atoms with Crippen LogP contribution in [0.25, 0.3) is 0 Å². The van der Waals surface area contributed by atoms with Gasteiger partial charge in [-0.1, -0.05) is 63.8 Å². The topological polar surface area (TPSA) is 147 Å². The number of hydrogen-bond donors (Lipinski definition) is 2. The maximum atomic E-state index is 12.3. The van der Waals surface area contributed by atoms with Crippen molar-refractivity contribution in [3.63, 3.8) is 0 Å². The molecule has 0 bridgehead atoms. The van der Waals surface area contributed by atoms with Gasteiger partial charge in [0.05, 0.1) is 18.8 Å². The Hall–Kier alpha value is -4.12. The molecule has 0 saturated carbocycles. The minimum Gasteiger partial charge on any atom is -0.480 e. The average Bonchev–Trinajstić information content (AvgIpc) is 2.97. The largest absolute Gasteiger partial charge is 0.513 e. The summed E-state index contributed by atoms with van der Waals surface area (Å²) in [7, 11) is 0. The van der Waals surface area contributed by atoms with E-state index in [-0.39, 0.29) is 37.7 Å². The van der Waals surface area contributed by atoms with Crippen molar-refractivity contribution in [2.24, 2.45) is 0 Å². The number of hydrogen-bond acceptors (Lipinski definition) is 10. The number of esters is 1. The Kier molecular flexibility index (Phi) is 15.5. The van der Waals surface area contributed by atoms with Gasteiger partial charge < -0.3 is 34.1 Å². The van der Waals surface area contributed by atoms with Crippen LogP contribution in [0.4, 0.5) is 9.59 Å².